The Hall–Kier alpha value is -3.80. The monoisotopic (exact) mass is 367 g/mol. The summed E-state index contributed by atoms with van der Waals surface area (Å²) in [5.74, 6) is 0.863. The third-order valence-corrected chi connectivity index (χ3v) is 4.37. The molecule has 0 aliphatic carbocycles. The number of benzene rings is 1. The summed E-state index contributed by atoms with van der Waals surface area (Å²) in [6, 6.07) is 6.98. The number of hydrogen-bond donors (Lipinski definition) is 1. The van der Waals surface area contributed by atoms with Crippen LogP contribution in [0.1, 0.15) is 5.56 Å². The first kappa shape index (κ1) is 18.0. The van der Waals surface area contributed by atoms with Gasteiger partial charge in [-0.25, -0.2) is 9.78 Å². The molecule has 1 aromatic carbocycles. The van der Waals surface area contributed by atoms with Crippen molar-refractivity contribution in [2.75, 3.05) is 20.0 Å². The summed E-state index contributed by atoms with van der Waals surface area (Å²) in [5.41, 5.74) is 5.73. The molecule has 0 spiro atoms. The topological polar surface area (TPSA) is 125 Å². The van der Waals surface area contributed by atoms with E-state index in [0.717, 1.165) is 4.57 Å². The van der Waals surface area contributed by atoms with Gasteiger partial charge in [-0.2, -0.15) is 5.26 Å². The number of rotatable bonds is 3. The second kappa shape index (κ2) is 6.49. The lowest BCUT2D eigenvalue weighted by molar-refractivity contribution is 0.394. The van der Waals surface area contributed by atoms with E-state index in [1.807, 2.05) is 6.07 Å². The summed E-state index contributed by atoms with van der Waals surface area (Å²) in [4.78, 5) is 29.3. The molecule has 2 heterocycles. The maximum atomic E-state index is 12.9. The highest BCUT2D eigenvalue weighted by atomic mass is 16.5. The van der Waals surface area contributed by atoms with Crippen LogP contribution in [0.4, 0.5) is 5.82 Å². The average molecular weight is 367 g/mol. The molecule has 0 bridgehead atoms. The SMILES string of the molecule is COc1cc(OC)cc(-c2c(C#N)c(N)nc3c2c(=O)n(C)c(=O)n3C)c1. The highest BCUT2D eigenvalue weighted by Crippen LogP contribution is 2.36. The number of aromatic nitrogens is 3. The lowest BCUT2D eigenvalue weighted by atomic mass is 9.97. The Bertz CT molecular complexity index is 1210. The van der Waals surface area contributed by atoms with E-state index in [0.29, 0.717) is 17.1 Å². The van der Waals surface area contributed by atoms with Gasteiger partial charge in [0.25, 0.3) is 5.56 Å². The normalized spacial score (nSPS) is 10.6. The van der Waals surface area contributed by atoms with Gasteiger partial charge < -0.3 is 15.2 Å². The standard InChI is InChI=1S/C18H17N5O4/c1-22-16-14(17(24)23(2)18(22)25)13(12(8-19)15(20)21-16)9-5-10(26-3)7-11(6-9)27-4/h5-7H,1-4H3,(H2,20,21). The molecular weight excluding hydrogens is 350 g/mol. The summed E-state index contributed by atoms with van der Waals surface area (Å²) in [6.45, 7) is 0. The number of nitriles is 1. The first-order chi connectivity index (χ1) is 12.8. The van der Waals surface area contributed by atoms with Crippen LogP contribution in [-0.4, -0.2) is 28.3 Å². The van der Waals surface area contributed by atoms with Crippen LogP contribution in [0.15, 0.2) is 27.8 Å². The largest absolute Gasteiger partial charge is 0.497 e. The van der Waals surface area contributed by atoms with Gasteiger partial charge in [0.15, 0.2) is 5.65 Å². The average Bonchev–Trinajstić information content (AvgIpc) is 2.69. The quantitative estimate of drug-likeness (QED) is 0.725. The Balaban J connectivity index is 2.62. The molecule has 3 rings (SSSR count). The van der Waals surface area contributed by atoms with Crippen molar-refractivity contribution < 1.29 is 9.47 Å². The lowest BCUT2D eigenvalue weighted by Crippen LogP contribution is -2.37. The minimum Gasteiger partial charge on any atom is -0.497 e. The van der Waals surface area contributed by atoms with Crippen molar-refractivity contribution >= 4 is 16.9 Å². The van der Waals surface area contributed by atoms with E-state index in [1.54, 1.807) is 18.2 Å². The number of nitrogens with zero attached hydrogens (tertiary/aromatic N) is 4. The molecule has 0 aliphatic heterocycles. The Labute approximate surface area is 153 Å². The fraction of sp³-hybridized carbons (Fsp3) is 0.222. The molecule has 2 N–H and O–H groups in total. The van der Waals surface area contributed by atoms with Gasteiger partial charge in [-0.1, -0.05) is 0 Å². The van der Waals surface area contributed by atoms with Gasteiger partial charge in [-0.05, 0) is 17.7 Å². The number of nitrogens with two attached hydrogens (primary N) is 1. The van der Waals surface area contributed by atoms with E-state index in [9.17, 15) is 14.9 Å². The van der Waals surface area contributed by atoms with Crippen LogP contribution >= 0.6 is 0 Å². The van der Waals surface area contributed by atoms with Crippen LogP contribution in [-0.2, 0) is 14.1 Å². The molecule has 0 saturated heterocycles. The predicted octanol–water partition coefficient (Wildman–Crippen LogP) is 0.770. The van der Waals surface area contributed by atoms with Crippen molar-refractivity contribution in [3.05, 3.63) is 44.6 Å². The van der Waals surface area contributed by atoms with Gasteiger partial charge in [-0.15, -0.1) is 0 Å². The van der Waals surface area contributed by atoms with Gasteiger partial charge in [0.1, 0.15) is 28.9 Å². The number of anilines is 1. The molecule has 9 heteroatoms. The Kier molecular flexibility index (Phi) is 4.33. The van der Waals surface area contributed by atoms with Gasteiger partial charge in [0.2, 0.25) is 0 Å². The molecule has 0 fully saturated rings. The van der Waals surface area contributed by atoms with E-state index in [1.165, 1.54) is 32.9 Å². The smallest absolute Gasteiger partial charge is 0.332 e. The predicted molar refractivity (Wildman–Crippen MR) is 99.9 cm³/mol. The van der Waals surface area contributed by atoms with Crippen molar-refractivity contribution in [1.82, 2.24) is 14.1 Å². The van der Waals surface area contributed by atoms with E-state index in [4.69, 9.17) is 15.2 Å². The minimum atomic E-state index is -0.575. The summed E-state index contributed by atoms with van der Waals surface area (Å²) in [7, 11) is 5.83. The highest BCUT2D eigenvalue weighted by Gasteiger charge is 2.22. The second-order valence-electron chi connectivity index (χ2n) is 5.86. The van der Waals surface area contributed by atoms with E-state index >= 15 is 0 Å². The molecule has 9 nitrogen and oxygen atoms in total. The van der Waals surface area contributed by atoms with Crippen LogP contribution in [0.3, 0.4) is 0 Å². The molecule has 0 amide bonds. The van der Waals surface area contributed by atoms with Gasteiger partial charge in [-0.3, -0.25) is 13.9 Å². The minimum absolute atomic E-state index is 0.0357. The molecule has 2 aromatic heterocycles. The third kappa shape index (κ3) is 2.67. The Morgan fingerprint density at radius 1 is 1.07 bits per heavy atom. The molecular formula is C18H17N5O4. The van der Waals surface area contributed by atoms with Gasteiger partial charge >= 0.3 is 5.69 Å². The van der Waals surface area contributed by atoms with Crippen LogP contribution in [0.2, 0.25) is 0 Å². The van der Waals surface area contributed by atoms with Crippen LogP contribution < -0.4 is 26.5 Å². The zero-order valence-corrected chi connectivity index (χ0v) is 15.2. The number of fused-ring (bicyclic) bond motifs is 1. The summed E-state index contributed by atoms with van der Waals surface area (Å²) >= 11 is 0. The summed E-state index contributed by atoms with van der Waals surface area (Å²) < 4.78 is 12.7. The summed E-state index contributed by atoms with van der Waals surface area (Å²) in [6.07, 6.45) is 0. The van der Waals surface area contributed by atoms with Crippen LogP contribution in [0.25, 0.3) is 22.2 Å². The Morgan fingerprint density at radius 3 is 2.19 bits per heavy atom. The van der Waals surface area contributed by atoms with Crippen LogP contribution in [0, 0.1) is 11.3 Å². The maximum absolute atomic E-state index is 12.9. The zero-order chi connectivity index (χ0) is 19.9. The van der Waals surface area contributed by atoms with E-state index in [-0.39, 0.29) is 28.0 Å². The van der Waals surface area contributed by atoms with E-state index < -0.39 is 11.2 Å². The maximum Gasteiger partial charge on any atom is 0.332 e. The first-order valence-electron chi connectivity index (χ1n) is 7.86. The van der Waals surface area contributed by atoms with Crippen LogP contribution in [0.5, 0.6) is 11.5 Å². The highest BCUT2D eigenvalue weighted by molar-refractivity contribution is 5.98. The lowest BCUT2D eigenvalue weighted by Gasteiger charge is -2.15. The molecule has 0 radical (unpaired) electrons. The molecule has 138 valence electrons. The van der Waals surface area contributed by atoms with Gasteiger partial charge in [0, 0.05) is 25.7 Å². The molecule has 27 heavy (non-hydrogen) atoms. The Morgan fingerprint density at radius 2 is 1.67 bits per heavy atom. The molecule has 0 atom stereocenters. The number of pyridine rings is 1. The van der Waals surface area contributed by atoms with Crippen molar-refractivity contribution in [3.8, 4) is 28.7 Å². The number of methoxy groups -OCH3 is 2. The molecule has 3 aromatic rings. The zero-order valence-electron chi connectivity index (χ0n) is 15.2. The second-order valence-corrected chi connectivity index (χ2v) is 5.86. The molecule has 0 saturated carbocycles. The fourth-order valence-corrected chi connectivity index (χ4v) is 2.96. The third-order valence-electron chi connectivity index (χ3n) is 4.37. The van der Waals surface area contributed by atoms with Crippen molar-refractivity contribution in [2.24, 2.45) is 14.1 Å². The molecule has 0 aliphatic rings. The van der Waals surface area contributed by atoms with Crippen molar-refractivity contribution in [3.63, 3.8) is 0 Å². The number of aryl methyl sites for hydroxylation is 1. The van der Waals surface area contributed by atoms with Crippen molar-refractivity contribution in [2.45, 2.75) is 0 Å². The molecule has 0 unspecified atom stereocenters. The summed E-state index contributed by atoms with van der Waals surface area (Å²) in [5, 5.41) is 9.76. The number of ether oxygens (including phenoxy) is 2. The number of nitrogen functional groups attached to an aromatic ring is 1. The first-order valence-corrected chi connectivity index (χ1v) is 7.86. The van der Waals surface area contributed by atoms with Crippen molar-refractivity contribution in [1.29, 1.82) is 5.26 Å². The number of hydrogen-bond acceptors (Lipinski definition) is 7. The van der Waals surface area contributed by atoms with Gasteiger partial charge in [0.05, 0.1) is 19.6 Å². The van der Waals surface area contributed by atoms with E-state index in [2.05, 4.69) is 4.98 Å². The fourth-order valence-electron chi connectivity index (χ4n) is 2.96.